The van der Waals surface area contributed by atoms with Gasteiger partial charge in [-0.3, -0.25) is 9.59 Å². The van der Waals surface area contributed by atoms with Crippen LogP contribution in [-0.2, 0) is 23.9 Å². The highest BCUT2D eigenvalue weighted by atomic mass is 16.6. The number of Topliss-reactive ketones (excluding diaryl/α,β-unsaturated/α-hetero) is 1. The summed E-state index contributed by atoms with van der Waals surface area (Å²) in [6.07, 6.45) is 6.34. The monoisotopic (exact) mass is 446 g/mol. The average Bonchev–Trinajstić information content (AvgIpc) is 3.03. The molecule has 4 rings (SSSR count). The van der Waals surface area contributed by atoms with Gasteiger partial charge in [0, 0.05) is 18.6 Å². The molecule has 0 amide bonds. The van der Waals surface area contributed by atoms with Crippen LogP contribution in [0.2, 0.25) is 0 Å². The molecule has 0 radical (unpaired) electrons. The first-order valence-electron chi connectivity index (χ1n) is 11.6. The molecular weight excluding hydrogens is 412 g/mol. The number of hydrogen-bond donors (Lipinski definition) is 2. The third kappa shape index (κ3) is 2.97. The molecule has 0 bridgehead atoms. The van der Waals surface area contributed by atoms with Crippen molar-refractivity contribution in [3.05, 3.63) is 23.5 Å². The lowest BCUT2D eigenvalue weighted by atomic mass is 9.45. The minimum Gasteiger partial charge on any atom is -0.508 e. The molecule has 0 saturated heterocycles. The maximum absolute atomic E-state index is 13.2. The van der Waals surface area contributed by atoms with E-state index in [9.17, 15) is 24.6 Å². The van der Waals surface area contributed by atoms with Crippen LogP contribution in [0.4, 0.5) is 0 Å². The van der Waals surface area contributed by atoms with Crippen LogP contribution in [0.1, 0.15) is 52.9 Å². The Morgan fingerprint density at radius 3 is 2.50 bits per heavy atom. The normalized spacial score (nSPS) is 42.8. The van der Waals surface area contributed by atoms with Crippen LogP contribution in [0.3, 0.4) is 0 Å². The Bertz CT molecular complexity index is 904. The van der Waals surface area contributed by atoms with Crippen molar-refractivity contribution in [2.75, 3.05) is 20.3 Å². The lowest BCUT2D eigenvalue weighted by molar-refractivity contribution is -0.194. The van der Waals surface area contributed by atoms with E-state index in [-0.39, 0.29) is 41.8 Å². The molecule has 3 saturated carbocycles. The van der Waals surface area contributed by atoms with Crippen LogP contribution >= 0.6 is 0 Å². The fraction of sp³-hybridized carbons (Fsp3) is 0.720. The number of ketones is 2. The van der Waals surface area contributed by atoms with E-state index in [1.807, 2.05) is 13.8 Å². The summed E-state index contributed by atoms with van der Waals surface area (Å²) in [5, 5.41) is 19.8. The number of carbonyl (C=O) groups is 3. The van der Waals surface area contributed by atoms with Gasteiger partial charge in [-0.25, -0.2) is 4.79 Å². The Morgan fingerprint density at radius 1 is 1.16 bits per heavy atom. The Hall–Kier alpha value is -1.99. The van der Waals surface area contributed by atoms with Crippen molar-refractivity contribution < 1.29 is 34.1 Å². The number of aliphatic hydroxyl groups is 2. The van der Waals surface area contributed by atoms with Gasteiger partial charge >= 0.3 is 5.97 Å². The van der Waals surface area contributed by atoms with Gasteiger partial charge in [0.15, 0.2) is 11.4 Å². The second-order valence-corrected chi connectivity index (χ2v) is 10.6. The molecule has 0 aromatic rings. The van der Waals surface area contributed by atoms with Crippen LogP contribution in [0.15, 0.2) is 23.5 Å². The fourth-order valence-corrected chi connectivity index (χ4v) is 7.85. The number of carbonyl (C=O) groups excluding carboxylic acids is 3. The van der Waals surface area contributed by atoms with Crippen LogP contribution < -0.4 is 0 Å². The Kier molecular flexibility index (Phi) is 5.65. The predicted octanol–water partition coefficient (Wildman–Crippen LogP) is 2.92. The van der Waals surface area contributed by atoms with Crippen molar-refractivity contribution in [2.24, 2.45) is 34.5 Å². The highest BCUT2D eigenvalue weighted by Crippen LogP contribution is 2.68. The van der Waals surface area contributed by atoms with Crippen LogP contribution in [0, 0.1) is 34.5 Å². The molecule has 1 unspecified atom stereocenters. The zero-order chi connectivity index (χ0) is 23.5. The molecule has 32 heavy (non-hydrogen) atoms. The number of fused-ring (bicyclic) bond motifs is 5. The van der Waals surface area contributed by atoms with Gasteiger partial charge in [0.2, 0.25) is 5.78 Å². The predicted molar refractivity (Wildman–Crippen MR) is 116 cm³/mol. The minimum atomic E-state index is -1.37. The highest BCUT2D eigenvalue weighted by Gasteiger charge is 2.69. The number of aliphatic hydroxyl groups excluding tert-OH is 2. The summed E-state index contributed by atoms with van der Waals surface area (Å²) in [6.45, 7) is 5.18. The standard InChI is InChI=1S/C25H34O7/c1-14-9-16-17-6-8-25(21(29)12-26,32-22(30)13-31-4)23(17,2)7-5-18(16)24(3)19(14)10-15(27)11-20(24)28/h10-11,14,16-18,26-27H,5-9,12-13H2,1-4H3/t14?,16-,17-,18-,23-,24+,25-/m0/s1. The van der Waals surface area contributed by atoms with E-state index in [0.717, 1.165) is 12.0 Å². The molecule has 3 fully saturated rings. The smallest absolute Gasteiger partial charge is 0.333 e. The molecule has 2 N–H and O–H groups in total. The lowest BCUT2D eigenvalue weighted by Gasteiger charge is -2.59. The van der Waals surface area contributed by atoms with E-state index in [1.165, 1.54) is 13.2 Å². The summed E-state index contributed by atoms with van der Waals surface area (Å²) in [5.41, 5.74) is -1.67. The number of allylic oxidation sites excluding steroid dienone is 3. The Balaban J connectivity index is 1.73. The van der Waals surface area contributed by atoms with Gasteiger partial charge in [-0.05, 0) is 74.3 Å². The Morgan fingerprint density at radius 2 is 1.84 bits per heavy atom. The van der Waals surface area contributed by atoms with Gasteiger partial charge in [0.05, 0.1) is 5.41 Å². The number of hydrogen-bond acceptors (Lipinski definition) is 7. The van der Waals surface area contributed by atoms with Crippen LogP contribution in [0.25, 0.3) is 0 Å². The zero-order valence-electron chi connectivity index (χ0n) is 19.3. The average molecular weight is 447 g/mol. The van der Waals surface area contributed by atoms with Crippen LogP contribution in [-0.4, -0.2) is 53.7 Å². The molecular formula is C25H34O7. The second kappa shape index (κ2) is 7.80. The van der Waals surface area contributed by atoms with Crippen molar-refractivity contribution in [1.82, 2.24) is 0 Å². The van der Waals surface area contributed by atoms with Gasteiger partial charge in [-0.1, -0.05) is 13.8 Å². The molecule has 4 aliphatic carbocycles. The quantitative estimate of drug-likeness (QED) is 0.625. The van der Waals surface area contributed by atoms with E-state index in [0.29, 0.717) is 25.7 Å². The maximum atomic E-state index is 13.2. The summed E-state index contributed by atoms with van der Waals surface area (Å²) >= 11 is 0. The summed E-state index contributed by atoms with van der Waals surface area (Å²) in [5.74, 6) is -0.624. The van der Waals surface area contributed by atoms with Gasteiger partial charge < -0.3 is 19.7 Å². The number of esters is 1. The topological polar surface area (TPSA) is 110 Å². The molecule has 0 aromatic carbocycles. The van der Waals surface area contributed by atoms with Crippen molar-refractivity contribution in [2.45, 2.75) is 58.5 Å². The number of methoxy groups -OCH3 is 1. The first kappa shape index (κ1) is 23.2. The second-order valence-electron chi connectivity index (χ2n) is 10.6. The molecule has 0 aromatic heterocycles. The number of ether oxygens (including phenoxy) is 2. The van der Waals surface area contributed by atoms with Crippen molar-refractivity contribution >= 4 is 17.5 Å². The maximum Gasteiger partial charge on any atom is 0.333 e. The largest absolute Gasteiger partial charge is 0.508 e. The highest BCUT2D eigenvalue weighted by molar-refractivity contribution is 5.99. The summed E-state index contributed by atoms with van der Waals surface area (Å²) in [7, 11) is 1.40. The first-order valence-corrected chi connectivity index (χ1v) is 11.6. The summed E-state index contributed by atoms with van der Waals surface area (Å²) in [6, 6.07) is 0. The van der Waals surface area contributed by atoms with E-state index < -0.39 is 34.8 Å². The van der Waals surface area contributed by atoms with E-state index in [1.54, 1.807) is 6.08 Å². The van der Waals surface area contributed by atoms with Gasteiger partial charge in [-0.2, -0.15) is 0 Å². The van der Waals surface area contributed by atoms with Crippen molar-refractivity contribution in [3.8, 4) is 0 Å². The third-order valence-electron chi connectivity index (χ3n) is 9.29. The van der Waals surface area contributed by atoms with Crippen LogP contribution in [0.5, 0.6) is 0 Å². The molecule has 0 spiro atoms. The van der Waals surface area contributed by atoms with E-state index in [4.69, 9.17) is 9.47 Å². The molecule has 4 aliphatic rings. The lowest BCUT2D eigenvalue weighted by Crippen LogP contribution is -2.61. The molecule has 7 nitrogen and oxygen atoms in total. The van der Waals surface area contributed by atoms with Crippen molar-refractivity contribution in [3.63, 3.8) is 0 Å². The molecule has 7 atom stereocenters. The summed E-state index contributed by atoms with van der Waals surface area (Å²) < 4.78 is 10.8. The fourth-order valence-electron chi connectivity index (χ4n) is 7.85. The molecule has 0 aliphatic heterocycles. The van der Waals surface area contributed by atoms with E-state index >= 15 is 0 Å². The molecule has 0 heterocycles. The first-order chi connectivity index (χ1) is 15.0. The zero-order valence-corrected chi connectivity index (χ0v) is 19.3. The molecule has 176 valence electrons. The summed E-state index contributed by atoms with van der Waals surface area (Å²) in [4.78, 5) is 38.7. The molecule has 7 heteroatoms. The van der Waals surface area contributed by atoms with Gasteiger partial charge in [-0.15, -0.1) is 0 Å². The van der Waals surface area contributed by atoms with E-state index in [2.05, 4.69) is 6.92 Å². The number of rotatable bonds is 5. The van der Waals surface area contributed by atoms with Gasteiger partial charge in [0.25, 0.3) is 0 Å². The van der Waals surface area contributed by atoms with Gasteiger partial charge in [0.1, 0.15) is 19.0 Å². The Labute approximate surface area is 188 Å². The van der Waals surface area contributed by atoms with Crippen molar-refractivity contribution in [1.29, 1.82) is 0 Å². The SMILES string of the molecule is COCC(=O)O[C@]1(C(=O)CO)CC[C@H]2[C@@H]3CC(C)C4=CC(O)=CC(=O)[C@]4(C)[C@H]3CC[C@@]21C. The minimum absolute atomic E-state index is 0.0203. The third-order valence-corrected chi connectivity index (χ3v) is 9.29.